The Bertz CT molecular complexity index is 546. The molecule has 106 valence electrons. The first-order valence-electron chi connectivity index (χ1n) is 5.95. The van der Waals surface area contributed by atoms with Crippen molar-refractivity contribution in [3.05, 3.63) is 30.1 Å². The molecule has 1 aromatic rings. The molecule has 0 aromatic heterocycles. The summed E-state index contributed by atoms with van der Waals surface area (Å²) in [5, 5.41) is 7.99. The average molecular weight is 297 g/mol. The van der Waals surface area contributed by atoms with Crippen molar-refractivity contribution >= 4 is 35.2 Å². The van der Waals surface area contributed by atoms with E-state index in [9.17, 15) is 18.8 Å². The van der Waals surface area contributed by atoms with Gasteiger partial charge < -0.3 is 5.11 Å². The third-order valence-electron chi connectivity index (χ3n) is 2.83. The van der Waals surface area contributed by atoms with Crippen molar-refractivity contribution < 1.29 is 23.9 Å². The molecule has 1 aromatic carbocycles. The minimum Gasteiger partial charge on any atom is -0.481 e. The summed E-state index contributed by atoms with van der Waals surface area (Å²) < 4.78 is 12.8. The van der Waals surface area contributed by atoms with Crippen LogP contribution in [0.2, 0.25) is 0 Å². The van der Waals surface area contributed by atoms with Crippen LogP contribution in [0, 0.1) is 5.82 Å². The highest BCUT2D eigenvalue weighted by Crippen LogP contribution is 2.29. The molecule has 1 N–H and O–H groups in total. The minimum absolute atomic E-state index is 0.0422. The van der Waals surface area contributed by atoms with E-state index in [1.807, 2.05) is 0 Å². The molecule has 0 radical (unpaired) electrons. The molecule has 0 spiro atoms. The molecular formula is C13H12FNO4S. The molecule has 2 amide bonds. The van der Waals surface area contributed by atoms with Gasteiger partial charge in [0.05, 0.1) is 17.4 Å². The lowest BCUT2D eigenvalue weighted by Gasteiger charge is -2.14. The van der Waals surface area contributed by atoms with Crippen LogP contribution in [0.1, 0.15) is 12.8 Å². The van der Waals surface area contributed by atoms with E-state index in [0.29, 0.717) is 5.69 Å². The number of carboxylic acids is 1. The Morgan fingerprint density at radius 1 is 1.35 bits per heavy atom. The fourth-order valence-electron chi connectivity index (χ4n) is 1.88. The summed E-state index contributed by atoms with van der Waals surface area (Å²) in [5.74, 6) is -1.84. The SMILES string of the molecule is O=C(O)CCS[C@@H]1CC(=O)N(c2ccc(F)cc2)C1=O. The summed E-state index contributed by atoms with van der Waals surface area (Å²) in [7, 11) is 0. The number of hydrogen-bond acceptors (Lipinski definition) is 4. The van der Waals surface area contributed by atoms with Gasteiger partial charge in [-0.3, -0.25) is 14.4 Å². The van der Waals surface area contributed by atoms with Crippen molar-refractivity contribution in [3.63, 3.8) is 0 Å². The van der Waals surface area contributed by atoms with Gasteiger partial charge in [0.1, 0.15) is 5.82 Å². The second-order valence-electron chi connectivity index (χ2n) is 4.25. The molecule has 0 aliphatic carbocycles. The number of rotatable bonds is 5. The van der Waals surface area contributed by atoms with E-state index in [0.717, 1.165) is 16.7 Å². The number of amides is 2. The number of halogens is 1. The van der Waals surface area contributed by atoms with Crippen LogP contribution in [0.25, 0.3) is 0 Å². The largest absolute Gasteiger partial charge is 0.481 e. The van der Waals surface area contributed by atoms with Crippen molar-refractivity contribution in [2.75, 3.05) is 10.7 Å². The first-order chi connectivity index (χ1) is 9.49. The fourth-order valence-corrected chi connectivity index (χ4v) is 2.97. The van der Waals surface area contributed by atoms with Gasteiger partial charge in [-0.2, -0.15) is 0 Å². The summed E-state index contributed by atoms with van der Waals surface area (Å²) in [5.41, 5.74) is 0.336. The standard InChI is InChI=1S/C13H12FNO4S/c14-8-1-3-9(4-2-8)15-11(16)7-10(13(15)19)20-6-5-12(17)18/h1-4,10H,5-7H2,(H,17,18)/t10-/m1/s1. The highest BCUT2D eigenvalue weighted by atomic mass is 32.2. The van der Waals surface area contributed by atoms with E-state index in [1.165, 1.54) is 24.3 Å². The van der Waals surface area contributed by atoms with Crippen LogP contribution in [0.15, 0.2) is 24.3 Å². The molecule has 1 saturated heterocycles. The van der Waals surface area contributed by atoms with Crippen molar-refractivity contribution in [1.82, 2.24) is 0 Å². The van der Waals surface area contributed by atoms with Crippen molar-refractivity contribution in [3.8, 4) is 0 Å². The zero-order chi connectivity index (χ0) is 14.7. The lowest BCUT2D eigenvalue weighted by Crippen LogP contribution is -2.31. The number of carboxylic acid groups (broad SMARTS) is 1. The van der Waals surface area contributed by atoms with Crippen LogP contribution < -0.4 is 4.90 Å². The summed E-state index contributed by atoms with van der Waals surface area (Å²) in [4.78, 5) is 35.4. The molecule has 20 heavy (non-hydrogen) atoms. The van der Waals surface area contributed by atoms with E-state index >= 15 is 0 Å². The summed E-state index contributed by atoms with van der Waals surface area (Å²) in [6, 6.07) is 5.10. The second-order valence-corrected chi connectivity index (χ2v) is 5.56. The number of carbonyl (C=O) groups is 3. The topological polar surface area (TPSA) is 74.7 Å². The predicted molar refractivity (Wildman–Crippen MR) is 72.0 cm³/mol. The average Bonchev–Trinajstić information content (AvgIpc) is 2.66. The Hall–Kier alpha value is -1.89. The molecule has 2 rings (SSSR count). The van der Waals surface area contributed by atoms with Crippen LogP contribution in [-0.4, -0.2) is 33.9 Å². The van der Waals surface area contributed by atoms with Gasteiger partial charge in [0.2, 0.25) is 11.8 Å². The number of nitrogens with zero attached hydrogens (tertiary/aromatic N) is 1. The van der Waals surface area contributed by atoms with Crippen molar-refractivity contribution in [2.45, 2.75) is 18.1 Å². The van der Waals surface area contributed by atoms with Crippen LogP contribution in [0.5, 0.6) is 0 Å². The predicted octanol–water partition coefficient (Wildman–Crippen LogP) is 1.67. The maximum absolute atomic E-state index is 12.8. The Kier molecular flexibility index (Phi) is 4.39. The molecule has 5 nitrogen and oxygen atoms in total. The number of hydrogen-bond donors (Lipinski definition) is 1. The van der Waals surface area contributed by atoms with Crippen LogP contribution in [-0.2, 0) is 14.4 Å². The lowest BCUT2D eigenvalue weighted by atomic mass is 10.3. The molecule has 0 saturated carbocycles. The zero-order valence-electron chi connectivity index (χ0n) is 10.4. The van der Waals surface area contributed by atoms with Crippen molar-refractivity contribution in [2.24, 2.45) is 0 Å². The number of aliphatic carboxylic acids is 1. The number of thioether (sulfide) groups is 1. The summed E-state index contributed by atoms with van der Waals surface area (Å²) in [6.45, 7) is 0. The zero-order valence-corrected chi connectivity index (χ0v) is 11.2. The molecule has 1 aliphatic rings. The second kappa shape index (κ2) is 6.04. The lowest BCUT2D eigenvalue weighted by molar-refractivity contribution is -0.136. The molecule has 1 heterocycles. The molecule has 0 bridgehead atoms. The van der Waals surface area contributed by atoms with Gasteiger partial charge in [-0.1, -0.05) is 0 Å². The normalized spacial score (nSPS) is 18.6. The molecule has 0 unspecified atom stereocenters. The summed E-state index contributed by atoms with van der Waals surface area (Å²) in [6.07, 6.45) is -0.0142. The van der Waals surface area contributed by atoms with Gasteiger partial charge in [-0.15, -0.1) is 11.8 Å². The van der Waals surface area contributed by atoms with Crippen LogP contribution >= 0.6 is 11.8 Å². The third-order valence-corrected chi connectivity index (χ3v) is 4.04. The number of benzene rings is 1. The molecular weight excluding hydrogens is 285 g/mol. The first-order valence-corrected chi connectivity index (χ1v) is 6.99. The number of imide groups is 1. The Morgan fingerprint density at radius 2 is 2.00 bits per heavy atom. The van der Waals surface area contributed by atoms with Gasteiger partial charge in [-0.25, -0.2) is 9.29 Å². The fraction of sp³-hybridized carbons (Fsp3) is 0.308. The molecule has 7 heteroatoms. The molecule has 1 atom stereocenters. The highest BCUT2D eigenvalue weighted by Gasteiger charge is 2.39. The van der Waals surface area contributed by atoms with E-state index in [-0.39, 0.29) is 30.4 Å². The van der Waals surface area contributed by atoms with Crippen LogP contribution in [0.3, 0.4) is 0 Å². The molecule has 1 fully saturated rings. The quantitative estimate of drug-likeness (QED) is 0.837. The van der Waals surface area contributed by atoms with E-state index in [1.54, 1.807) is 0 Å². The van der Waals surface area contributed by atoms with Gasteiger partial charge >= 0.3 is 5.97 Å². The maximum Gasteiger partial charge on any atom is 0.304 e. The Balaban J connectivity index is 2.05. The first kappa shape index (κ1) is 14.5. The number of carbonyl (C=O) groups excluding carboxylic acids is 2. The minimum atomic E-state index is -0.940. The van der Waals surface area contributed by atoms with Gasteiger partial charge in [-0.05, 0) is 24.3 Å². The van der Waals surface area contributed by atoms with Gasteiger partial charge in [0.15, 0.2) is 0 Å². The van der Waals surface area contributed by atoms with E-state index < -0.39 is 17.0 Å². The summed E-state index contributed by atoms with van der Waals surface area (Å²) >= 11 is 1.16. The van der Waals surface area contributed by atoms with E-state index in [4.69, 9.17) is 5.11 Å². The maximum atomic E-state index is 12.8. The van der Waals surface area contributed by atoms with Crippen LogP contribution in [0.4, 0.5) is 10.1 Å². The smallest absolute Gasteiger partial charge is 0.304 e. The van der Waals surface area contributed by atoms with E-state index in [2.05, 4.69) is 0 Å². The van der Waals surface area contributed by atoms with Crippen molar-refractivity contribution in [1.29, 1.82) is 0 Å². The monoisotopic (exact) mass is 297 g/mol. The van der Waals surface area contributed by atoms with Gasteiger partial charge in [0, 0.05) is 12.2 Å². The highest BCUT2D eigenvalue weighted by molar-refractivity contribution is 8.00. The third kappa shape index (κ3) is 3.16. The Labute approximate surface area is 118 Å². The Morgan fingerprint density at radius 3 is 2.60 bits per heavy atom. The number of anilines is 1. The molecule has 1 aliphatic heterocycles. The van der Waals surface area contributed by atoms with Gasteiger partial charge in [0.25, 0.3) is 0 Å².